The second kappa shape index (κ2) is 9.61. The second-order valence-electron chi connectivity index (χ2n) is 8.16. The Kier molecular flexibility index (Phi) is 6.72. The van der Waals surface area contributed by atoms with Crippen LogP contribution in [-0.2, 0) is 21.0 Å². The molecule has 1 amide bonds. The Morgan fingerprint density at radius 1 is 1.03 bits per heavy atom. The van der Waals surface area contributed by atoms with Gasteiger partial charge in [0.05, 0.1) is 16.1 Å². The van der Waals surface area contributed by atoms with Crippen molar-refractivity contribution in [2.45, 2.75) is 37.4 Å². The van der Waals surface area contributed by atoms with Gasteiger partial charge in [0.1, 0.15) is 0 Å². The Balaban J connectivity index is 1.52. The zero-order valence-electron chi connectivity index (χ0n) is 19.2. The fourth-order valence-corrected chi connectivity index (χ4v) is 5.02. The Bertz CT molecular complexity index is 1410. The summed E-state index contributed by atoms with van der Waals surface area (Å²) in [7, 11) is -3.94. The fourth-order valence-electron chi connectivity index (χ4n) is 4.06. The molecule has 0 radical (unpaired) electrons. The van der Waals surface area contributed by atoms with Gasteiger partial charge in [-0.25, -0.2) is 23.1 Å². The van der Waals surface area contributed by atoms with E-state index in [4.69, 9.17) is 0 Å². The van der Waals surface area contributed by atoms with Crippen LogP contribution in [0, 0.1) is 0 Å². The Labute approximate surface area is 205 Å². The van der Waals surface area contributed by atoms with Crippen molar-refractivity contribution in [3.05, 3.63) is 83.8 Å². The highest BCUT2D eigenvalue weighted by Crippen LogP contribution is 2.42. The van der Waals surface area contributed by atoms with Crippen LogP contribution >= 0.6 is 0 Å². The zero-order valence-corrected chi connectivity index (χ0v) is 20.1. The third-order valence-electron chi connectivity index (χ3n) is 5.70. The first-order chi connectivity index (χ1) is 17.0. The topological polar surface area (TPSA) is 104 Å². The molecule has 36 heavy (non-hydrogen) atoms. The lowest BCUT2D eigenvalue weighted by Gasteiger charge is -2.28. The van der Waals surface area contributed by atoms with Crippen molar-refractivity contribution < 1.29 is 26.4 Å². The highest BCUT2D eigenvalue weighted by Gasteiger charge is 2.38. The minimum absolute atomic E-state index is 0.0118. The lowest BCUT2D eigenvalue weighted by Crippen LogP contribution is -2.28. The first-order valence-electron chi connectivity index (χ1n) is 10.8. The predicted octanol–water partition coefficient (Wildman–Crippen LogP) is 4.81. The van der Waals surface area contributed by atoms with Gasteiger partial charge in [0.2, 0.25) is 5.95 Å². The first-order valence-corrected chi connectivity index (χ1v) is 12.3. The summed E-state index contributed by atoms with van der Waals surface area (Å²) in [4.78, 5) is 22.1. The summed E-state index contributed by atoms with van der Waals surface area (Å²) in [6.07, 6.45) is -1.50. The smallest absolute Gasteiger partial charge is 0.341 e. The molecule has 1 aliphatic rings. The standard InChI is InChI=1S/C24H22F3N5O3S/c1-15-14-19(16(2)32(15)21-7-4-3-6-20(21)24(25,26)27)22(33)30-17-8-10-18(11-9-17)36(34,35)31-23-28-12-5-13-29-23/h3-13,15H,14H2,1-2H3,(H,30,33)(H,28,29,31). The zero-order chi connectivity index (χ0) is 26.1. The summed E-state index contributed by atoms with van der Waals surface area (Å²) in [5, 5.41) is 2.69. The number of carbonyl (C=O) groups is 1. The van der Waals surface area contributed by atoms with E-state index in [-0.39, 0.29) is 29.0 Å². The molecule has 0 fully saturated rings. The Morgan fingerprint density at radius 3 is 2.31 bits per heavy atom. The molecular weight excluding hydrogens is 495 g/mol. The number of alkyl halides is 3. The van der Waals surface area contributed by atoms with Gasteiger partial charge in [0, 0.05) is 41.8 Å². The summed E-state index contributed by atoms with van der Waals surface area (Å²) >= 11 is 0. The maximum Gasteiger partial charge on any atom is 0.418 e. The van der Waals surface area contributed by atoms with Crippen molar-refractivity contribution in [2.75, 3.05) is 14.9 Å². The summed E-state index contributed by atoms with van der Waals surface area (Å²) in [5.74, 6) is -0.554. The van der Waals surface area contributed by atoms with E-state index in [0.717, 1.165) is 6.07 Å². The van der Waals surface area contributed by atoms with Crippen molar-refractivity contribution in [2.24, 2.45) is 0 Å². The number of benzene rings is 2. The minimum atomic E-state index is -4.54. The quantitative estimate of drug-likeness (QED) is 0.487. The van der Waals surface area contributed by atoms with E-state index in [9.17, 15) is 26.4 Å². The van der Waals surface area contributed by atoms with Crippen LogP contribution in [-0.4, -0.2) is 30.3 Å². The number of halogens is 3. The van der Waals surface area contributed by atoms with Crippen molar-refractivity contribution in [3.63, 3.8) is 0 Å². The number of para-hydroxylation sites is 1. The van der Waals surface area contributed by atoms with Gasteiger partial charge in [-0.15, -0.1) is 0 Å². The van der Waals surface area contributed by atoms with Gasteiger partial charge >= 0.3 is 6.18 Å². The molecule has 2 heterocycles. The number of anilines is 3. The fraction of sp³-hybridized carbons (Fsp3) is 0.208. The van der Waals surface area contributed by atoms with Gasteiger partial charge < -0.3 is 10.2 Å². The maximum absolute atomic E-state index is 13.6. The molecule has 12 heteroatoms. The van der Waals surface area contributed by atoms with Crippen LogP contribution < -0.4 is 14.9 Å². The van der Waals surface area contributed by atoms with Crippen LogP contribution in [0.15, 0.2) is 83.2 Å². The van der Waals surface area contributed by atoms with E-state index >= 15 is 0 Å². The highest BCUT2D eigenvalue weighted by atomic mass is 32.2. The predicted molar refractivity (Wildman–Crippen MR) is 129 cm³/mol. The SMILES string of the molecule is CC1=C(C(=O)Nc2ccc(S(=O)(=O)Nc3ncccn3)cc2)CC(C)N1c1ccccc1C(F)(F)F. The van der Waals surface area contributed by atoms with E-state index in [1.54, 1.807) is 19.9 Å². The molecule has 1 aliphatic heterocycles. The number of allylic oxidation sites excluding steroid dienone is 1. The number of carbonyl (C=O) groups excluding carboxylic acids is 1. The van der Waals surface area contributed by atoms with Gasteiger partial charge in [-0.3, -0.25) is 4.79 Å². The number of rotatable bonds is 6. The van der Waals surface area contributed by atoms with Gasteiger partial charge in [0.15, 0.2) is 0 Å². The maximum atomic E-state index is 13.6. The molecular formula is C24H22F3N5O3S. The highest BCUT2D eigenvalue weighted by molar-refractivity contribution is 7.92. The van der Waals surface area contributed by atoms with Crippen LogP contribution in [0.25, 0.3) is 0 Å². The average molecular weight is 518 g/mol. The van der Waals surface area contributed by atoms with Crippen LogP contribution in [0.5, 0.6) is 0 Å². The molecule has 0 saturated heterocycles. The van der Waals surface area contributed by atoms with E-state index < -0.39 is 27.7 Å². The molecule has 188 valence electrons. The minimum Gasteiger partial charge on any atom is -0.341 e. The molecule has 2 N–H and O–H groups in total. The van der Waals surface area contributed by atoms with E-state index in [0.29, 0.717) is 17.0 Å². The van der Waals surface area contributed by atoms with Crippen molar-refractivity contribution >= 4 is 33.3 Å². The molecule has 8 nitrogen and oxygen atoms in total. The monoisotopic (exact) mass is 517 g/mol. The first kappa shape index (κ1) is 25.2. The van der Waals surface area contributed by atoms with Gasteiger partial charge in [-0.05, 0) is 56.3 Å². The summed E-state index contributed by atoms with van der Waals surface area (Å²) < 4.78 is 68.0. The summed E-state index contributed by atoms with van der Waals surface area (Å²) in [6.45, 7) is 3.36. The van der Waals surface area contributed by atoms with Crippen LogP contribution in [0.2, 0.25) is 0 Å². The van der Waals surface area contributed by atoms with Crippen LogP contribution in [0.3, 0.4) is 0 Å². The van der Waals surface area contributed by atoms with Crippen LogP contribution in [0.1, 0.15) is 25.8 Å². The third kappa shape index (κ3) is 5.18. The van der Waals surface area contributed by atoms with Gasteiger partial charge in [-0.1, -0.05) is 12.1 Å². The number of hydrogen-bond acceptors (Lipinski definition) is 6. The molecule has 0 aliphatic carbocycles. The number of amides is 1. The summed E-state index contributed by atoms with van der Waals surface area (Å²) in [6, 6.07) is 11.9. The molecule has 1 unspecified atom stereocenters. The molecule has 0 saturated carbocycles. The van der Waals surface area contributed by atoms with E-state index in [2.05, 4.69) is 20.0 Å². The number of aromatic nitrogens is 2. The van der Waals surface area contributed by atoms with Crippen molar-refractivity contribution in [3.8, 4) is 0 Å². The molecule has 4 rings (SSSR count). The number of nitrogens with one attached hydrogen (secondary N) is 2. The van der Waals surface area contributed by atoms with E-state index in [1.807, 2.05) is 0 Å². The molecule has 0 bridgehead atoms. The second-order valence-corrected chi connectivity index (χ2v) is 9.84. The van der Waals surface area contributed by atoms with E-state index in [1.165, 1.54) is 59.8 Å². The lowest BCUT2D eigenvalue weighted by molar-refractivity contribution is -0.137. The average Bonchev–Trinajstić information content (AvgIpc) is 3.13. The Morgan fingerprint density at radius 2 is 1.67 bits per heavy atom. The lowest BCUT2D eigenvalue weighted by atomic mass is 10.1. The number of sulfonamides is 1. The number of nitrogens with zero attached hydrogens (tertiary/aromatic N) is 3. The molecule has 3 aromatic rings. The molecule has 2 aromatic carbocycles. The van der Waals surface area contributed by atoms with Crippen molar-refractivity contribution in [1.82, 2.24) is 9.97 Å². The van der Waals surface area contributed by atoms with Gasteiger partial charge in [-0.2, -0.15) is 13.2 Å². The van der Waals surface area contributed by atoms with Crippen LogP contribution in [0.4, 0.5) is 30.5 Å². The molecule has 0 spiro atoms. The third-order valence-corrected chi connectivity index (χ3v) is 7.04. The molecule has 1 atom stereocenters. The summed E-state index contributed by atoms with van der Waals surface area (Å²) in [5.41, 5.74) is 0.311. The number of hydrogen-bond donors (Lipinski definition) is 2. The normalized spacial score (nSPS) is 16.2. The van der Waals surface area contributed by atoms with Gasteiger partial charge in [0.25, 0.3) is 15.9 Å². The Hall–Kier alpha value is -3.93. The molecule has 1 aromatic heterocycles. The largest absolute Gasteiger partial charge is 0.418 e. The van der Waals surface area contributed by atoms with Crippen molar-refractivity contribution in [1.29, 1.82) is 0 Å².